The van der Waals surface area contributed by atoms with Crippen molar-refractivity contribution in [2.45, 2.75) is 38.5 Å². The fourth-order valence-corrected chi connectivity index (χ4v) is 4.76. The van der Waals surface area contributed by atoms with Crippen molar-refractivity contribution >= 4 is 5.71 Å². The summed E-state index contributed by atoms with van der Waals surface area (Å²) in [5.74, 6) is 2.20. The summed E-state index contributed by atoms with van der Waals surface area (Å²) in [6.45, 7) is 4.98. The fourth-order valence-electron chi connectivity index (χ4n) is 4.76. The van der Waals surface area contributed by atoms with Gasteiger partial charge in [-0.15, -0.1) is 0 Å². The molecule has 2 bridgehead atoms. The van der Waals surface area contributed by atoms with Crippen molar-refractivity contribution in [3.8, 4) is 11.5 Å². The predicted octanol–water partition coefficient (Wildman–Crippen LogP) is 3.68. The molecule has 2 aromatic carbocycles. The summed E-state index contributed by atoms with van der Waals surface area (Å²) >= 11 is 0. The lowest BCUT2D eigenvalue weighted by molar-refractivity contribution is 0.133. The zero-order valence-electron chi connectivity index (χ0n) is 16.5. The highest BCUT2D eigenvalue weighted by Gasteiger charge is 2.46. The first-order valence-corrected chi connectivity index (χ1v) is 10.2. The summed E-state index contributed by atoms with van der Waals surface area (Å²) in [4.78, 5) is 2.58. The summed E-state index contributed by atoms with van der Waals surface area (Å²) < 4.78 is 11.7. The number of nitrogens with one attached hydrogen (secondary N) is 1. The van der Waals surface area contributed by atoms with Crippen LogP contribution in [0, 0.1) is 12.8 Å². The van der Waals surface area contributed by atoms with Crippen LogP contribution in [0.15, 0.2) is 47.6 Å². The van der Waals surface area contributed by atoms with Gasteiger partial charge in [-0.25, -0.2) is 0 Å². The summed E-state index contributed by atoms with van der Waals surface area (Å²) in [6, 6.07) is 15.3. The minimum atomic E-state index is 0.186. The van der Waals surface area contributed by atoms with Gasteiger partial charge in [-0.2, -0.15) is 5.10 Å². The second-order valence-corrected chi connectivity index (χ2v) is 8.08. The van der Waals surface area contributed by atoms with Gasteiger partial charge >= 0.3 is 0 Å². The molecule has 2 atom stereocenters. The van der Waals surface area contributed by atoms with Crippen molar-refractivity contribution in [3.05, 3.63) is 59.2 Å². The van der Waals surface area contributed by atoms with Crippen LogP contribution in [0.25, 0.3) is 0 Å². The van der Waals surface area contributed by atoms with Gasteiger partial charge in [0.15, 0.2) is 11.5 Å². The van der Waals surface area contributed by atoms with Gasteiger partial charge in [0.2, 0.25) is 0 Å². The molecule has 5 heteroatoms. The number of benzene rings is 2. The van der Waals surface area contributed by atoms with E-state index in [4.69, 9.17) is 14.6 Å². The molecule has 4 heterocycles. The maximum atomic E-state index is 6.15. The van der Waals surface area contributed by atoms with Gasteiger partial charge in [0.25, 0.3) is 0 Å². The Bertz CT molecular complexity index is 885. The number of ether oxygens (including phenoxy) is 2. The number of piperidine rings is 3. The monoisotopic (exact) mass is 377 g/mol. The van der Waals surface area contributed by atoms with E-state index < -0.39 is 0 Å². The van der Waals surface area contributed by atoms with Crippen LogP contribution >= 0.6 is 0 Å². The molecule has 0 radical (unpaired) electrons. The van der Waals surface area contributed by atoms with E-state index in [0.717, 1.165) is 17.1 Å². The Morgan fingerprint density at radius 2 is 1.86 bits per heavy atom. The lowest BCUT2D eigenvalue weighted by Crippen LogP contribution is -2.56. The average molecular weight is 377 g/mol. The topological polar surface area (TPSA) is 46.1 Å². The third kappa shape index (κ3) is 3.04. The molecule has 5 nitrogen and oxygen atoms in total. The molecule has 0 amide bonds. The highest BCUT2D eigenvalue weighted by Crippen LogP contribution is 2.40. The Morgan fingerprint density at radius 3 is 2.61 bits per heavy atom. The molecular formula is C23H27N3O2. The van der Waals surface area contributed by atoms with Crippen LogP contribution in [-0.4, -0.2) is 36.9 Å². The molecule has 0 saturated carbocycles. The van der Waals surface area contributed by atoms with Crippen molar-refractivity contribution in [2.24, 2.45) is 11.0 Å². The predicted molar refractivity (Wildman–Crippen MR) is 110 cm³/mol. The lowest BCUT2D eigenvalue weighted by atomic mass is 9.78. The summed E-state index contributed by atoms with van der Waals surface area (Å²) in [6.07, 6.45) is 2.49. The van der Waals surface area contributed by atoms with Gasteiger partial charge in [-0.05, 0) is 56.1 Å². The number of hydrazone groups is 1. The molecule has 4 aliphatic heterocycles. The van der Waals surface area contributed by atoms with E-state index in [1.807, 2.05) is 6.07 Å². The number of fused-ring (bicyclic) bond motifs is 2. The van der Waals surface area contributed by atoms with Crippen LogP contribution in [-0.2, 0) is 6.61 Å². The zero-order chi connectivity index (χ0) is 19.1. The van der Waals surface area contributed by atoms with Crippen LogP contribution in [0.5, 0.6) is 11.5 Å². The van der Waals surface area contributed by atoms with Gasteiger partial charge in [-0.1, -0.05) is 35.9 Å². The molecule has 0 spiro atoms. The van der Waals surface area contributed by atoms with E-state index in [1.165, 1.54) is 42.8 Å². The molecule has 1 N–H and O–H groups in total. The summed E-state index contributed by atoms with van der Waals surface area (Å²) in [5.41, 5.74) is 8.37. The Kier molecular flexibility index (Phi) is 4.47. The smallest absolute Gasteiger partial charge is 0.162 e. The molecular weight excluding hydrogens is 350 g/mol. The quantitative estimate of drug-likeness (QED) is 0.864. The van der Waals surface area contributed by atoms with Gasteiger partial charge in [0.05, 0.1) is 24.9 Å². The number of hydrogen-bond acceptors (Lipinski definition) is 5. The van der Waals surface area contributed by atoms with Gasteiger partial charge < -0.3 is 14.9 Å². The SMILES string of the molecule is COc1ccc(C2NN=C3C4CCN(CC4)C32)cc1OCc1ccc(C)cc1. The van der Waals surface area contributed by atoms with Crippen molar-refractivity contribution < 1.29 is 9.47 Å². The maximum absolute atomic E-state index is 6.15. The molecule has 146 valence electrons. The lowest BCUT2D eigenvalue weighted by Gasteiger charge is -2.45. The van der Waals surface area contributed by atoms with Gasteiger partial charge in [-0.3, -0.25) is 4.90 Å². The molecule has 0 aromatic heterocycles. The highest BCUT2D eigenvalue weighted by atomic mass is 16.5. The van der Waals surface area contributed by atoms with Crippen LogP contribution in [0.2, 0.25) is 0 Å². The van der Waals surface area contributed by atoms with E-state index in [-0.39, 0.29) is 6.04 Å². The summed E-state index contributed by atoms with van der Waals surface area (Å²) in [7, 11) is 1.69. The van der Waals surface area contributed by atoms with E-state index in [0.29, 0.717) is 18.6 Å². The van der Waals surface area contributed by atoms with Gasteiger partial charge in [0.1, 0.15) is 6.61 Å². The number of rotatable bonds is 5. The number of methoxy groups -OCH3 is 1. The Labute approximate surface area is 166 Å². The molecule has 3 saturated heterocycles. The van der Waals surface area contributed by atoms with Crippen molar-refractivity contribution in [2.75, 3.05) is 20.2 Å². The highest BCUT2D eigenvalue weighted by molar-refractivity contribution is 5.95. The maximum Gasteiger partial charge on any atom is 0.162 e. The van der Waals surface area contributed by atoms with E-state index >= 15 is 0 Å². The van der Waals surface area contributed by atoms with E-state index in [2.05, 4.69) is 53.6 Å². The van der Waals surface area contributed by atoms with E-state index in [9.17, 15) is 0 Å². The standard InChI is InChI=1S/C23H27N3O2/c1-15-3-5-16(6-4-15)14-28-20-13-18(7-8-19(20)27-2)22-23-21(24-25-22)17-9-11-26(23)12-10-17/h3-8,13,17,22-23,25H,9-12,14H2,1-2H3. The first-order chi connectivity index (χ1) is 13.7. The van der Waals surface area contributed by atoms with Crippen molar-refractivity contribution in [1.82, 2.24) is 10.3 Å². The molecule has 2 aromatic rings. The van der Waals surface area contributed by atoms with Gasteiger partial charge in [0, 0.05) is 5.92 Å². The van der Waals surface area contributed by atoms with Crippen LogP contribution in [0.3, 0.4) is 0 Å². The molecule has 6 rings (SSSR count). The molecule has 4 aliphatic rings. The van der Waals surface area contributed by atoms with Crippen molar-refractivity contribution in [3.63, 3.8) is 0 Å². The Hall–Kier alpha value is -2.53. The number of nitrogens with zero attached hydrogens (tertiary/aromatic N) is 2. The Balaban J connectivity index is 1.37. The van der Waals surface area contributed by atoms with Crippen molar-refractivity contribution in [1.29, 1.82) is 0 Å². The van der Waals surface area contributed by atoms with Crippen LogP contribution < -0.4 is 14.9 Å². The Morgan fingerprint density at radius 1 is 1.07 bits per heavy atom. The fraction of sp³-hybridized carbons (Fsp3) is 0.435. The average Bonchev–Trinajstić information content (AvgIpc) is 3.21. The zero-order valence-corrected chi connectivity index (χ0v) is 16.5. The summed E-state index contributed by atoms with van der Waals surface area (Å²) in [5, 5.41) is 4.73. The number of aryl methyl sites for hydroxylation is 1. The minimum Gasteiger partial charge on any atom is -0.493 e. The molecule has 28 heavy (non-hydrogen) atoms. The van der Waals surface area contributed by atoms with E-state index in [1.54, 1.807) is 7.11 Å². The number of hydrogen-bond donors (Lipinski definition) is 1. The first-order valence-electron chi connectivity index (χ1n) is 10.2. The molecule has 2 unspecified atom stereocenters. The largest absolute Gasteiger partial charge is 0.493 e. The molecule has 3 fully saturated rings. The van der Waals surface area contributed by atoms with Crippen LogP contribution in [0.1, 0.15) is 35.6 Å². The molecule has 0 aliphatic carbocycles. The second-order valence-electron chi connectivity index (χ2n) is 8.08. The van der Waals surface area contributed by atoms with Crippen LogP contribution in [0.4, 0.5) is 0 Å². The normalized spacial score (nSPS) is 27.7. The second kappa shape index (κ2) is 7.13. The first kappa shape index (κ1) is 17.6. The minimum absolute atomic E-state index is 0.186. The third-order valence-electron chi connectivity index (χ3n) is 6.35. The third-order valence-corrected chi connectivity index (χ3v) is 6.35.